The highest BCUT2D eigenvalue weighted by atomic mass is 35.5. The van der Waals surface area contributed by atoms with Crippen molar-refractivity contribution in [3.05, 3.63) is 47.5 Å². The molecule has 1 aliphatic heterocycles. The van der Waals surface area contributed by atoms with E-state index in [1.807, 2.05) is 25.1 Å². The van der Waals surface area contributed by atoms with Crippen LogP contribution in [0.25, 0.3) is 0 Å². The molecule has 1 saturated heterocycles. The lowest BCUT2D eigenvalue weighted by molar-refractivity contribution is -0.120. The number of para-hydroxylation sites is 2. The quantitative estimate of drug-likeness (QED) is 0.799. The van der Waals surface area contributed by atoms with E-state index in [0.29, 0.717) is 16.5 Å². The number of ether oxygens (including phenoxy) is 2. The summed E-state index contributed by atoms with van der Waals surface area (Å²) in [6.45, 7) is 5.17. The van der Waals surface area contributed by atoms with E-state index in [2.05, 4.69) is 21.2 Å². The van der Waals surface area contributed by atoms with Crippen LogP contribution in [0.4, 0.5) is 11.4 Å². The van der Waals surface area contributed by atoms with Crippen LogP contribution < -0.4 is 19.7 Å². The number of piperazine rings is 1. The summed E-state index contributed by atoms with van der Waals surface area (Å²) in [6, 6.07) is 12.9. The second-order valence-electron chi connectivity index (χ2n) is 6.70. The highest BCUT2D eigenvalue weighted by Crippen LogP contribution is 2.30. The molecule has 0 spiro atoms. The van der Waals surface area contributed by atoms with Crippen molar-refractivity contribution in [2.24, 2.45) is 0 Å². The van der Waals surface area contributed by atoms with Crippen molar-refractivity contribution < 1.29 is 14.3 Å². The molecule has 1 fully saturated rings. The van der Waals surface area contributed by atoms with Gasteiger partial charge in [0.15, 0.2) is 0 Å². The fourth-order valence-corrected chi connectivity index (χ4v) is 3.59. The molecule has 150 valence electrons. The number of methoxy groups -OCH3 is 2. The molecule has 0 saturated carbocycles. The average molecular weight is 404 g/mol. The number of anilines is 2. The molecule has 0 aromatic heterocycles. The first-order valence-electron chi connectivity index (χ1n) is 9.30. The maximum atomic E-state index is 12.8. The summed E-state index contributed by atoms with van der Waals surface area (Å²) in [5, 5.41) is 3.49. The van der Waals surface area contributed by atoms with Crippen molar-refractivity contribution in [3.63, 3.8) is 0 Å². The lowest BCUT2D eigenvalue weighted by Gasteiger charge is -2.38. The van der Waals surface area contributed by atoms with Crippen molar-refractivity contribution in [2.45, 2.75) is 13.0 Å². The number of amides is 1. The van der Waals surface area contributed by atoms with E-state index in [4.69, 9.17) is 21.1 Å². The third-order valence-corrected chi connectivity index (χ3v) is 5.32. The van der Waals surface area contributed by atoms with Gasteiger partial charge in [0.2, 0.25) is 5.91 Å². The summed E-state index contributed by atoms with van der Waals surface area (Å²) in [4.78, 5) is 17.2. The monoisotopic (exact) mass is 403 g/mol. The Morgan fingerprint density at radius 1 is 1.04 bits per heavy atom. The van der Waals surface area contributed by atoms with Gasteiger partial charge in [0.1, 0.15) is 11.5 Å². The zero-order valence-corrected chi connectivity index (χ0v) is 17.2. The Balaban J connectivity index is 1.61. The molecule has 1 atom stereocenters. The van der Waals surface area contributed by atoms with Gasteiger partial charge in [-0.25, -0.2) is 0 Å². The van der Waals surface area contributed by atoms with Crippen LogP contribution in [0.5, 0.6) is 11.5 Å². The fourth-order valence-electron chi connectivity index (χ4n) is 3.42. The topological polar surface area (TPSA) is 54.0 Å². The number of benzene rings is 2. The average Bonchev–Trinajstić information content (AvgIpc) is 2.73. The van der Waals surface area contributed by atoms with E-state index in [1.54, 1.807) is 32.4 Å². The van der Waals surface area contributed by atoms with Crippen LogP contribution in [-0.4, -0.2) is 57.2 Å². The normalized spacial score (nSPS) is 15.8. The van der Waals surface area contributed by atoms with Gasteiger partial charge in [0.25, 0.3) is 0 Å². The molecule has 3 rings (SSSR count). The van der Waals surface area contributed by atoms with Crippen molar-refractivity contribution in [1.82, 2.24) is 4.90 Å². The number of hydrogen-bond donors (Lipinski definition) is 1. The summed E-state index contributed by atoms with van der Waals surface area (Å²) in [5.41, 5.74) is 1.67. The first kappa shape index (κ1) is 20.3. The SMILES string of the molecule is COc1ccc(Cl)cc1NC(=O)C(C)N1CCN(c2ccccc2OC)CC1. The van der Waals surface area contributed by atoms with E-state index >= 15 is 0 Å². The second kappa shape index (κ2) is 9.17. The highest BCUT2D eigenvalue weighted by Gasteiger charge is 2.27. The first-order valence-corrected chi connectivity index (χ1v) is 9.67. The molecule has 2 aromatic rings. The molecule has 2 aromatic carbocycles. The number of nitrogens with one attached hydrogen (secondary N) is 1. The number of rotatable bonds is 6. The molecule has 0 radical (unpaired) electrons. The van der Waals surface area contributed by atoms with Crippen molar-refractivity contribution in [3.8, 4) is 11.5 Å². The zero-order valence-electron chi connectivity index (χ0n) is 16.4. The minimum Gasteiger partial charge on any atom is -0.495 e. The first-order chi connectivity index (χ1) is 13.5. The Bertz CT molecular complexity index is 822. The largest absolute Gasteiger partial charge is 0.495 e. The Hall–Kier alpha value is -2.44. The van der Waals surface area contributed by atoms with Crippen LogP contribution in [-0.2, 0) is 4.79 Å². The third kappa shape index (κ3) is 4.51. The number of carbonyl (C=O) groups excluding carboxylic acids is 1. The van der Waals surface area contributed by atoms with Gasteiger partial charge in [0, 0.05) is 31.2 Å². The molecule has 1 unspecified atom stereocenters. The Morgan fingerprint density at radius 2 is 1.71 bits per heavy atom. The fraction of sp³-hybridized carbons (Fsp3) is 0.381. The molecular weight excluding hydrogens is 378 g/mol. The summed E-state index contributed by atoms with van der Waals surface area (Å²) in [6.07, 6.45) is 0. The molecular formula is C21H26ClN3O3. The molecule has 28 heavy (non-hydrogen) atoms. The standard InChI is InChI=1S/C21H26ClN3O3/c1-15(21(26)23-17-14-16(22)8-9-19(17)27-2)24-10-12-25(13-11-24)18-6-4-5-7-20(18)28-3/h4-9,14-15H,10-13H2,1-3H3,(H,23,26). The lowest BCUT2D eigenvalue weighted by atomic mass is 10.2. The van der Waals surface area contributed by atoms with Crippen LogP contribution in [0.2, 0.25) is 5.02 Å². The Morgan fingerprint density at radius 3 is 2.39 bits per heavy atom. The summed E-state index contributed by atoms with van der Waals surface area (Å²) < 4.78 is 10.8. The minimum absolute atomic E-state index is 0.0775. The van der Waals surface area contributed by atoms with Crippen LogP contribution in [0.15, 0.2) is 42.5 Å². The van der Waals surface area contributed by atoms with E-state index in [9.17, 15) is 4.79 Å². The number of halogens is 1. The molecule has 7 heteroatoms. The summed E-state index contributed by atoms with van der Waals surface area (Å²) in [7, 11) is 3.25. The number of hydrogen-bond acceptors (Lipinski definition) is 5. The second-order valence-corrected chi connectivity index (χ2v) is 7.14. The van der Waals surface area contributed by atoms with Crippen molar-refractivity contribution in [1.29, 1.82) is 0 Å². The van der Waals surface area contributed by atoms with E-state index in [-0.39, 0.29) is 11.9 Å². The van der Waals surface area contributed by atoms with E-state index in [1.165, 1.54) is 0 Å². The predicted octanol–water partition coefficient (Wildman–Crippen LogP) is 3.51. The highest BCUT2D eigenvalue weighted by molar-refractivity contribution is 6.31. The van der Waals surface area contributed by atoms with Gasteiger partial charge in [-0.1, -0.05) is 23.7 Å². The third-order valence-electron chi connectivity index (χ3n) is 5.09. The predicted molar refractivity (Wildman–Crippen MR) is 113 cm³/mol. The minimum atomic E-state index is -0.261. The summed E-state index contributed by atoms with van der Waals surface area (Å²) in [5.74, 6) is 1.38. The maximum absolute atomic E-state index is 12.8. The molecule has 1 aliphatic rings. The van der Waals surface area contributed by atoms with E-state index in [0.717, 1.165) is 37.6 Å². The smallest absolute Gasteiger partial charge is 0.241 e. The molecule has 1 heterocycles. The van der Waals surface area contributed by atoms with Crippen LogP contribution in [0.3, 0.4) is 0 Å². The van der Waals surface area contributed by atoms with Gasteiger partial charge in [-0.05, 0) is 37.3 Å². The van der Waals surface area contributed by atoms with Crippen molar-refractivity contribution >= 4 is 28.9 Å². The van der Waals surface area contributed by atoms with Gasteiger partial charge in [0.05, 0.1) is 31.6 Å². The van der Waals surface area contributed by atoms with Crippen LogP contribution >= 0.6 is 11.6 Å². The van der Waals surface area contributed by atoms with Crippen molar-refractivity contribution in [2.75, 3.05) is 50.6 Å². The maximum Gasteiger partial charge on any atom is 0.241 e. The number of nitrogens with zero attached hydrogens (tertiary/aromatic N) is 2. The molecule has 0 aliphatic carbocycles. The van der Waals surface area contributed by atoms with Gasteiger partial charge < -0.3 is 19.7 Å². The lowest BCUT2D eigenvalue weighted by Crippen LogP contribution is -2.52. The van der Waals surface area contributed by atoms with Gasteiger partial charge in [-0.2, -0.15) is 0 Å². The van der Waals surface area contributed by atoms with E-state index < -0.39 is 0 Å². The van der Waals surface area contributed by atoms with Gasteiger partial charge >= 0.3 is 0 Å². The molecule has 6 nitrogen and oxygen atoms in total. The molecule has 0 bridgehead atoms. The van der Waals surface area contributed by atoms with Crippen LogP contribution in [0.1, 0.15) is 6.92 Å². The number of carbonyl (C=O) groups is 1. The Kier molecular flexibility index (Phi) is 6.65. The van der Waals surface area contributed by atoms with Gasteiger partial charge in [-0.3, -0.25) is 9.69 Å². The zero-order chi connectivity index (χ0) is 20.1. The van der Waals surface area contributed by atoms with Crippen LogP contribution in [0, 0.1) is 0 Å². The summed E-state index contributed by atoms with van der Waals surface area (Å²) >= 11 is 6.05. The van der Waals surface area contributed by atoms with Gasteiger partial charge in [-0.15, -0.1) is 0 Å². The molecule has 1 amide bonds. The Labute approximate surface area is 171 Å². The molecule has 1 N–H and O–H groups in total.